The molecule has 2 nitrogen and oxygen atoms in total. The van der Waals surface area contributed by atoms with Crippen LogP contribution in [0.2, 0.25) is 0 Å². The normalized spacial score (nSPS) is 16.3. The molecule has 2 aliphatic carbocycles. The second-order valence-corrected chi connectivity index (χ2v) is 17.2. The highest BCUT2D eigenvalue weighted by Gasteiger charge is 2.25. The molecule has 0 N–H and O–H groups in total. The summed E-state index contributed by atoms with van der Waals surface area (Å²) in [4.78, 5) is 0. The van der Waals surface area contributed by atoms with E-state index in [9.17, 15) is 0 Å². The Bertz CT molecular complexity index is 3130. The van der Waals surface area contributed by atoms with Gasteiger partial charge in [-0.05, 0) is 138 Å². The number of allylic oxidation sites excluding steroid dienone is 8. The zero-order chi connectivity index (χ0) is 38.4. The number of hydrogen-bond acceptors (Lipinski definition) is 2. The number of rotatable bonds is 5. The molecule has 0 radical (unpaired) electrons. The number of benzene rings is 7. The lowest BCUT2D eigenvalue weighted by Gasteiger charge is -2.24. The van der Waals surface area contributed by atoms with Gasteiger partial charge in [0.15, 0.2) is 0 Å². The summed E-state index contributed by atoms with van der Waals surface area (Å²) < 4.78 is 13.4. The van der Waals surface area contributed by atoms with Gasteiger partial charge < -0.3 is 8.83 Å². The van der Waals surface area contributed by atoms with Crippen LogP contribution in [0.5, 0.6) is 0 Å². The van der Waals surface area contributed by atoms with Crippen LogP contribution in [0.25, 0.3) is 93.6 Å². The SMILES string of the molecule is CC1CC=CC=C1C1=CCCC(c2cc(-c3cc4ccccc4o3)c3ccc4c(-c5cccc(C(C)(C)C)c5)cc(-c5cc6ccccc6o5)c5ccc2c3c45)=C1. The fourth-order valence-corrected chi connectivity index (χ4v) is 9.53. The highest BCUT2D eigenvalue weighted by Crippen LogP contribution is 2.50. The van der Waals surface area contributed by atoms with Crippen LogP contribution < -0.4 is 0 Å². The summed E-state index contributed by atoms with van der Waals surface area (Å²) in [7, 11) is 0. The third kappa shape index (κ3) is 5.53. The Kier molecular flexibility index (Phi) is 7.63. The average Bonchev–Trinajstić information content (AvgIpc) is 3.87. The van der Waals surface area contributed by atoms with Gasteiger partial charge in [0.1, 0.15) is 22.7 Å². The summed E-state index contributed by atoms with van der Waals surface area (Å²) in [5.41, 5.74) is 13.2. The van der Waals surface area contributed by atoms with Crippen LogP contribution in [0.15, 0.2) is 172 Å². The lowest BCUT2D eigenvalue weighted by molar-refractivity contribution is 0.590. The maximum atomic E-state index is 6.72. The van der Waals surface area contributed by atoms with Crippen LogP contribution in [-0.4, -0.2) is 0 Å². The van der Waals surface area contributed by atoms with Crippen molar-refractivity contribution in [1.82, 2.24) is 0 Å². The van der Waals surface area contributed by atoms with Gasteiger partial charge in [0.05, 0.1) is 0 Å². The van der Waals surface area contributed by atoms with Gasteiger partial charge in [0.25, 0.3) is 0 Å². The maximum Gasteiger partial charge on any atom is 0.136 e. The van der Waals surface area contributed by atoms with Gasteiger partial charge >= 0.3 is 0 Å². The van der Waals surface area contributed by atoms with Crippen molar-refractivity contribution in [3.8, 4) is 33.8 Å². The molecular formula is C55H44O2. The van der Waals surface area contributed by atoms with Gasteiger partial charge in [-0.25, -0.2) is 0 Å². The zero-order valence-electron chi connectivity index (χ0n) is 32.9. The molecule has 1 unspecified atom stereocenters. The van der Waals surface area contributed by atoms with Crippen molar-refractivity contribution < 1.29 is 8.83 Å². The standard InChI is InChI=1S/C55H44O2/c1-33-13-5-8-20-40(33)34-16-11-17-35(27-34)45-31-47(51-29-37-14-6-9-21-49(37)56-51)43-26-24-42-46(36-18-12-19-39(28-36)55(2,3)4)32-48(44-25-23-41(45)53(43)54(42)44)52-30-38-15-7-10-22-50(38)57-52/h5-10,12,14-16,18-33H,11,13,17H2,1-4H3. The molecule has 2 heterocycles. The fraction of sp³-hybridized carbons (Fsp3) is 0.164. The number of hydrogen-bond donors (Lipinski definition) is 0. The molecule has 1 atom stereocenters. The minimum atomic E-state index is 0.0144. The monoisotopic (exact) mass is 736 g/mol. The number of furan rings is 2. The van der Waals surface area contributed by atoms with Crippen molar-refractivity contribution in [2.45, 2.75) is 52.4 Å². The molecule has 2 heteroatoms. The van der Waals surface area contributed by atoms with Crippen molar-refractivity contribution in [3.05, 3.63) is 174 Å². The van der Waals surface area contributed by atoms with E-state index < -0.39 is 0 Å². The molecule has 0 saturated heterocycles. The Morgan fingerprint density at radius 2 is 1.19 bits per heavy atom. The number of fused-ring (bicyclic) bond motifs is 2. The van der Waals surface area contributed by atoms with Crippen molar-refractivity contribution in [1.29, 1.82) is 0 Å². The van der Waals surface area contributed by atoms with Crippen molar-refractivity contribution in [2.75, 3.05) is 0 Å². The van der Waals surface area contributed by atoms with E-state index in [2.05, 4.69) is 173 Å². The van der Waals surface area contributed by atoms with E-state index in [-0.39, 0.29) is 5.41 Å². The molecule has 276 valence electrons. The topological polar surface area (TPSA) is 26.3 Å². The minimum absolute atomic E-state index is 0.0144. The van der Waals surface area contributed by atoms with E-state index in [0.29, 0.717) is 5.92 Å². The minimum Gasteiger partial charge on any atom is -0.456 e. The van der Waals surface area contributed by atoms with Crippen LogP contribution in [0.3, 0.4) is 0 Å². The Balaban J connectivity index is 1.26. The number of para-hydroxylation sites is 2. The molecule has 9 aromatic rings. The molecule has 0 amide bonds. The zero-order valence-corrected chi connectivity index (χ0v) is 32.9. The molecule has 7 aromatic carbocycles. The largest absolute Gasteiger partial charge is 0.456 e. The van der Waals surface area contributed by atoms with Gasteiger partial charge in [0, 0.05) is 21.9 Å². The summed E-state index contributed by atoms with van der Waals surface area (Å²) in [5.74, 6) is 2.27. The maximum absolute atomic E-state index is 6.72. The second kappa shape index (κ2) is 12.8. The third-order valence-corrected chi connectivity index (χ3v) is 12.5. The lowest BCUT2D eigenvalue weighted by Crippen LogP contribution is -2.10. The summed E-state index contributed by atoms with van der Waals surface area (Å²) in [6, 6.07) is 44.4. The molecule has 0 aliphatic heterocycles. The van der Waals surface area contributed by atoms with Crippen LogP contribution in [-0.2, 0) is 5.41 Å². The molecular weight excluding hydrogens is 693 g/mol. The molecule has 2 aliphatic rings. The highest BCUT2D eigenvalue weighted by atomic mass is 16.3. The van der Waals surface area contributed by atoms with E-state index in [4.69, 9.17) is 8.83 Å². The van der Waals surface area contributed by atoms with Gasteiger partial charge in [-0.1, -0.05) is 143 Å². The first-order valence-corrected chi connectivity index (χ1v) is 20.4. The van der Waals surface area contributed by atoms with Crippen molar-refractivity contribution in [2.24, 2.45) is 5.92 Å². The highest BCUT2D eigenvalue weighted by molar-refractivity contribution is 6.31. The van der Waals surface area contributed by atoms with Crippen LogP contribution in [0.1, 0.15) is 58.1 Å². The second-order valence-electron chi connectivity index (χ2n) is 17.2. The molecule has 0 fully saturated rings. The quantitative estimate of drug-likeness (QED) is 0.164. The van der Waals surface area contributed by atoms with Gasteiger partial charge in [0.2, 0.25) is 0 Å². The average molecular weight is 737 g/mol. The van der Waals surface area contributed by atoms with Crippen molar-refractivity contribution in [3.63, 3.8) is 0 Å². The molecule has 2 aromatic heterocycles. The third-order valence-electron chi connectivity index (χ3n) is 12.5. The molecule has 0 bridgehead atoms. The van der Waals surface area contributed by atoms with Crippen LogP contribution >= 0.6 is 0 Å². The van der Waals surface area contributed by atoms with Gasteiger partial charge in [-0.15, -0.1) is 0 Å². The predicted molar refractivity (Wildman–Crippen MR) is 241 cm³/mol. The van der Waals surface area contributed by atoms with E-state index in [1.54, 1.807) is 0 Å². The van der Waals surface area contributed by atoms with E-state index in [0.717, 1.165) is 63.8 Å². The first-order valence-electron chi connectivity index (χ1n) is 20.4. The summed E-state index contributed by atoms with van der Waals surface area (Å²) in [6.45, 7) is 9.22. The van der Waals surface area contributed by atoms with Crippen molar-refractivity contribution >= 4 is 59.8 Å². The first kappa shape index (κ1) is 33.9. The molecule has 11 rings (SSSR count). The first-order chi connectivity index (χ1) is 27.8. The van der Waals surface area contributed by atoms with E-state index in [1.807, 2.05) is 6.07 Å². The Labute approximate surface area is 333 Å². The molecule has 0 saturated carbocycles. The Morgan fingerprint density at radius 3 is 1.81 bits per heavy atom. The fourth-order valence-electron chi connectivity index (χ4n) is 9.53. The molecule has 0 spiro atoms. The van der Waals surface area contributed by atoms with Gasteiger partial charge in [-0.3, -0.25) is 0 Å². The van der Waals surface area contributed by atoms with E-state index in [1.165, 1.54) is 71.3 Å². The Hall–Kier alpha value is -6.38. The van der Waals surface area contributed by atoms with Crippen LogP contribution in [0, 0.1) is 5.92 Å². The lowest BCUT2D eigenvalue weighted by atomic mass is 9.79. The van der Waals surface area contributed by atoms with E-state index >= 15 is 0 Å². The van der Waals surface area contributed by atoms with Crippen LogP contribution in [0.4, 0.5) is 0 Å². The summed E-state index contributed by atoms with van der Waals surface area (Å²) in [5, 5.41) is 9.66. The summed E-state index contributed by atoms with van der Waals surface area (Å²) >= 11 is 0. The summed E-state index contributed by atoms with van der Waals surface area (Å²) in [6.07, 6.45) is 14.8. The smallest absolute Gasteiger partial charge is 0.136 e. The Morgan fingerprint density at radius 1 is 0.596 bits per heavy atom. The predicted octanol–water partition coefficient (Wildman–Crippen LogP) is 16.0. The van der Waals surface area contributed by atoms with Gasteiger partial charge in [-0.2, -0.15) is 0 Å². The molecule has 57 heavy (non-hydrogen) atoms.